The van der Waals surface area contributed by atoms with Crippen molar-refractivity contribution in [2.75, 3.05) is 13.1 Å². The van der Waals surface area contributed by atoms with Crippen LogP contribution in [0, 0.1) is 11.3 Å². The Bertz CT molecular complexity index is 694. The van der Waals surface area contributed by atoms with E-state index in [-0.39, 0.29) is 0 Å². The number of hydrogen-bond donors (Lipinski definition) is 2. The molecule has 0 radical (unpaired) electrons. The molecule has 0 atom stereocenters. The summed E-state index contributed by atoms with van der Waals surface area (Å²) in [7, 11) is 0. The van der Waals surface area contributed by atoms with Crippen LogP contribution in [0.25, 0.3) is 0 Å². The fraction of sp³-hybridized carbons (Fsp3) is 0.412. The summed E-state index contributed by atoms with van der Waals surface area (Å²) in [5.74, 6) is 1.75. The van der Waals surface area contributed by atoms with Crippen LogP contribution < -0.4 is 10.6 Å². The zero-order valence-electron chi connectivity index (χ0n) is 14.2. The average molecular weight is 325 g/mol. The zero-order chi connectivity index (χ0) is 17.2. The first-order valence-electron chi connectivity index (χ1n) is 8.14. The van der Waals surface area contributed by atoms with Crippen LogP contribution in [0.15, 0.2) is 35.6 Å². The molecule has 0 aliphatic carbocycles. The summed E-state index contributed by atoms with van der Waals surface area (Å²) >= 11 is 0. The monoisotopic (exact) mass is 325 g/mol. The van der Waals surface area contributed by atoms with Crippen molar-refractivity contribution in [3.8, 4) is 6.07 Å². The van der Waals surface area contributed by atoms with E-state index in [4.69, 9.17) is 5.26 Å². The lowest BCUT2D eigenvalue weighted by Gasteiger charge is -2.12. The Morgan fingerprint density at radius 3 is 2.71 bits per heavy atom. The molecule has 0 bridgehead atoms. The van der Waals surface area contributed by atoms with Gasteiger partial charge in [0.25, 0.3) is 0 Å². The lowest BCUT2D eigenvalue weighted by atomic mass is 10.1. The Hall–Kier alpha value is -2.88. The van der Waals surface area contributed by atoms with Crippen molar-refractivity contribution in [3.05, 3.63) is 47.5 Å². The van der Waals surface area contributed by atoms with Crippen LogP contribution in [-0.4, -0.2) is 33.8 Å². The van der Waals surface area contributed by atoms with E-state index in [0.29, 0.717) is 12.1 Å². The highest BCUT2D eigenvalue weighted by Gasteiger charge is 2.02. The van der Waals surface area contributed by atoms with Crippen LogP contribution in [0.2, 0.25) is 0 Å². The molecular formula is C17H23N7. The predicted octanol–water partition coefficient (Wildman–Crippen LogP) is 1.47. The molecule has 24 heavy (non-hydrogen) atoms. The van der Waals surface area contributed by atoms with Crippen LogP contribution in [0.1, 0.15) is 30.8 Å². The number of hydrogen-bond acceptors (Lipinski definition) is 4. The Balaban J connectivity index is 1.89. The van der Waals surface area contributed by atoms with Gasteiger partial charge in [0.15, 0.2) is 5.96 Å². The molecule has 2 aromatic rings. The number of nitriles is 1. The number of nitrogens with one attached hydrogen (secondary N) is 2. The number of nitrogens with zero attached hydrogens (tertiary/aromatic N) is 5. The van der Waals surface area contributed by atoms with Crippen molar-refractivity contribution in [2.24, 2.45) is 4.99 Å². The summed E-state index contributed by atoms with van der Waals surface area (Å²) in [5.41, 5.74) is 1.73. The van der Waals surface area contributed by atoms with Crippen LogP contribution in [-0.2, 0) is 19.5 Å². The maximum absolute atomic E-state index is 8.82. The van der Waals surface area contributed by atoms with Crippen LogP contribution in [0.5, 0.6) is 0 Å². The molecule has 2 N–H and O–H groups in total. The van der Waals surface area contributed by atoms with E-state index < -0.39 is 0 Å². The second-order valence-electron chi connectivity index (χ2n) is 5.22. The molecule has 0 aliphatic rings. The summed E-state index contributed by atoms with van der Waals surface area (Å²) in [4.78, 5) is 4.57. The molecule has 0 unspecified atom stereocenters. The molecule has 7 heteroatoms. The SMILES string of the molecule is CCNC(=NCc1ccc(C#N)cc1)NCCn1cnnc1CC. The zero-order valence-corrected chi connectivity index (χ0v) is 14.2. The van der Waals surface area contributed by atoms with E-state index in [1.807, 2.05) is 35.8 Å². The summed E-state index contributed by atoms with van der Waals surface area (Å²) in [5, 5.41) is 23.4. The minimum absolute atomic E-state index is 0.563. The standard InChI is InChI=1S/C17H23N7/c1-3-16-23-22-13-24(16)10-9-20-17(19-4-2)21-12-15-7-5-14(11-18)6-8-15/h5-8,13H,3-4,9-10,12H2,1-2H3,(H2,19,20,21). The first-order chi connectivity index (χ1) is 11.8. The van der Waals surface area contributed by atoms with Gasteiger partial charge in [0.1, 0.15) is 12.2 Å². The van der Waals surface area contributed by atoms with Gasteiger partial charge in [-0.3, -0.25) is 0 Å². The van der Waals surface area contributed by atoms with Crippen LogP contribution >= 0.6 is 0 Å². The fourth-order valence-electron chi connectivity index (χ4n) is 2.23. The first-order valence-corrected chi connectivity index (χ1v) is 8.14. The number of rotatable bonds is 7. The third kappa shape index (κ3) is 5.09. The van der Waals surface area contributed by atoms with E-state index in [2.05, 4.69) is 38.8 Å². The van der Waals surface area contributed by atoms with E-state index >= 15 is 0 Å². The van der Waals surface area contributed by atoms with Crippen molar-refractivity contribution in [2.45, 2.75) is 33.4 Å². The van der Waals surface area contributed by atoms with Gasteiger partial charge in [-0.1, -0.05) is 19.1 Å². The lowest BCUT2D eigenvalue weighted by Crippen LogP contribution is -2.38. The van der Waals surface area contributed by atoms with Crippen molar-refractivity contribution in [3.63, 3.8) is 0 Å². The van der Waals surface area contributed by atoms with Crippen molar-refractivity contribution in [1.29, 1.82) is 5.26 Å². The van der Waals surface area contributed by atoms with E-state index in [1.165, 1.54) is 0 Å². The van der Waals surface area contributed by atoms with Crippen molar-refractivity contribution in [1.82, 2.24) is 25.4 Å². The summed E-state index contributed by atoms with van der Waals surface area (Å²) < 4.78 is 2.04. The van der Waals surface area contributed by atoms with Gasteiger partial charge >= 0.3 is 0 Å². The number of aryl methyl sites for hydroxylation is 1. The minimum Gasteiger partial charge on any atom is -0.357 e. The molecule has 1 aromatic carbocycles. The van der Waals surface area contributed by atoms with Gasteiger partial charge in [-0.2, -0.15) is 5.26 Å². The smallest absolute Gasteiger partial charge is 0.191 e. The average Bonchev–Trinajstić information content (AvgIpc) is 3.07. The highest BCUT2D eigenvalue weighted by molar-refractivity contribution is 5.79. The third-order valence-electron chi connectivity index (χ3n) is 3.50. The van der Waals surface area contributed by atoms with Gasteiger partial charge in [0.2, 0.25) is 0 Å². The highest BCUT2D eigenvalue weighted by Crippen LogP contribution is 2.04. The second-order valence-corrected chi connectivity index (χ2v) is 5.22. The topological polar surface area (TPSA) is 90.9 Å². The largest absolute Gasteiger partial charge is 0.357 e. The minimum atomic E-state index is 0.563. The Morgan fingerprint density at radius 2 is 2.04 bits per heavy atom. The fourth-order valence-corrected chi connectivity index (χ4v) is 2.23. The summed E-state index contributed by atoms with van der Waals surface area (Å²) in [6.45, 7) is 6.99. The van der Waals surface area contributed by atoms with Crippen LogP contribution in [0.3, 0.4) is 0 Å². The number of aliphatic imine (C=N–C) groups is 1. The van der Waals surface area contributed by atoms with Gasteiger partial charge in [0, 0.05) is 26.1 Å². The molecular weight excluding hydrogens is 302 g/mol. The Morgan fingerprint density at radius 1 is 1.25 bits per heavy atom. The third-order valence-corrected chi connectivity index (χ3v) is 3.50. The van der Waals surface area contributed by atoms with Crippen molar-refractivity contribution >= 4 is 5.96 Å². The Labute approximate surface area is 142 Å². The number of benzene rings is 1. The molecule has 2 rings (SSSR count). The number of aromatic nitrogens is 3. The molecule has 0 saturated heterocycles. The molecule has 126 valence electrons. The molecule has 0 aliphatic heterocycles. The van der Waals surface area contributed by atoms with Crippen LogP contribution in [0.4, 0.5) is 0 Å². The molecule has 0 amide bonds. The molecule has 0 spiro atoms. The van der Waals surface area contributed by atoms with Crippen molar-refractivity contribution < 1.29 is 0 Å². The maximum atomic E-state index is 8.82. The number of guanidine groups is 1. The highest BCUT2D eigenvalue weighted by atomic mass is 15.3. The van der Waals surface area contributed by atoms with Gasteiger partial charge in [-0.05, 0) is 24.6 Å². The van der Waals surface area contributed by atoms with Gasteiger partial charge in [-0.15, -0.1) is 10.2 Å². The normalized spacial score (nSPS) is 11.1. The maximum Gasteiger partial charge on any atom is 0.191 e. The van der Waals surface area contributed by atoms with Gasteiger partial charge < -0.3 is 15.2 Å². The summed E-state index contributed by atoms with van der Waals surface area (Å²) in [6.07, 6.45) is 2.62. The lowest BCUT2D eigenvalue weighted by molar-refractivity contribution is 0.632. The quantitative estimate of drug-likeness (QED) is 0.594. The molecule has 1 heterocycles. The van der Waals surface area contributed by atoms with Gasteiger partial charge in [-0.25, -0.2) is 4.99 Å². The van der Waals surface area contributed by atoms with E-state index in [9.17, 15) is 0 Å². The Kier molecular flexibility index (Phi) is 6.77. The second kappa shape index (κ2) is 9.30. The molecule has 1 aromatic heterocycles. The predicted molar refractivity (Wildman–Crippen MR) is 93.4 cm³/mol. The van der Waals surface area contributed by atoms with Gasteiger partial charge in [0.05, 0.1) is 18.2 Å². The van der Waals surface area contributed by atoms with E-state index in [0.717, 1.165) is 43.4 Å². The molecule has 7 nitrogen and oxygen atoms in total. The summed E-state index contributed by atoms with van der Waals surface area (Å²) in [6, 6.07) is 9.59. The first kappa shape index (κ1) is 17.5. The van der Waals surface area contributed by atoms with E-state index in [1.54, 1.807) is 6.33 Å². The molecule has 0 saturated carbocycles. The molecule has 0 fully saturated rings.